The van der Waals surface area contributed by atoms with Gasteiger partial charge in [-0.2, -0.15) is 0 Å². The Morgan fingerprint density at radius 3 is 2.52 bits per heavy atom. The Bertz CT molecular complexity index is 1350. The Morgan fingerprint density at radius 1 is 0.925 bits per heavy atom. The summed E-state index contributed by atoms with van der Waals surface area (Å²) in [6.45, 7) is 0.804. The van der Waals surface area contributed by atoms with Gasteiger partial charge in [-0.1, -0.05) is 0 Å². The largest absolute Gasteiger partial charge is 0.508 e. The van der Waals surface area contributed by atoms with Gasteiger partial charge in [0.2, 0.25) is 0 Å². The number of hydrogen-bond acceptors (Lipinski definition) is 8. The molecule has 6 rings (SSSR count). The molecule has 0 amide bonds. The first-order chi connectivity index (χ1) is 19.5. The van der Waals surface area contributed by atoms with Gasteiger partial charge >= 0.3 is 0 Å². The molecule has 3 aromatic carbocycles. The molecular weight excluding hydrogens is 512 g/mol. The Balaban J connectivity index is 1.36. The maximum Gasteiger partial charge on any atom is 0.133 e. The van der Waals surface area contributed by atoms with E-state index in [2.05, 4.69) is 0 Å². The van der Waals surface area contributed by atoms with Crippen LogP contribution in [0, 0.1) is 11.8 Å². The molecule has 40 heavy (non-hydrogen) atoms. The van der Waals surface area contributed by atoms with Crippen molar-refractivity contribution < 1.29 is 39.0 Å². The number of aromatic hydroxyl groups is 1. The third-order valence-corrected chi connectivity index (χ3v) is 8.74. The second-order valence-corrected chi connectivity index (χ2v) is 11.2. The molecule has 8 heteroatoms. The minimum Gasteiger partial charge on any atom is -0.508 e. The van der Waals surface area contributed by atoms with Gasteiger partial charge in [0.1, 0.15) is 34.9 Å². The van der Waals surface area contributed by atoms with Crippen LogP contribution in [0.25, 0.3) is 10.8 Å². The number of phenols is 1. The Morgan fingerprint density at radius 2 is 1.75 bits per heavy atom. The van der Waals surface area contributed by atoms with E-state index in [0.29, 0.717) is 46.8 Å². The third-order valence-electron chi connectivity index (χ3n) is 8.74. The summed E-state index contributed by atoms with van der Waals surface area (Å²) in [7, 11) is 3.23. The average molecular weight is 551 g/mol. The lowest BCUT2D eigenvalue weighted by Crippen LogP contribution is -2.46. The molecule has 5 atom stereocenters. The Hall–Kier alpha value is -3.20. The highest BCUT2D eigenvalue weighted by molar-refractivity contribution is 5.95. The second kappa shape index (κ2) is 11.4. The molecule has 3 aliphatic rings. The van der Waals surface area contributed by atoms with Crippen molar-refractivity contribution in [3.05, 3.63) is 53.6 Å². The first kappa shape index (κ1) is 27.0. The molecule has 0 saturated heterocycles. The van der Waals surface area contributed by atoms with Gasteiger partial charge in [-0.05, 0) is 81.0 Å². The van der Waals surface area contributed by atoms with E-state index in [1.165, 1.54) is 12.8 Å². The van der Waals surface area contributed by atoms with Gasteiger partial charge in [-0.25, -0.2) is 0 Å². The summed E-state index contributed by atoms with van der Waals surface area (Å²) >= 11 is 0. The molecule has 3 aromatic rings. The summed E-state index contributed by atoms with van der Waals surface area (Å²) in [5.41, 5.74) is 1.27. The van der Waals surface area contributed by atoms with Crippen molar-refractivity contribution in [3.63, 3.8) is 0 Å². The molecule has 0 aromatic heterocycles. The number of fused-ring (bicyclic) bond motifs is 4. The van der Waals surface area contributed by atoms with Crippen molar-refractivity contribution in [1.29, 1.82) is 0 Å². The summed E-state index contributed by atoms with van der Waals surface area (Å²) in [4.78, 5) is 0. The minimum atomic E-state index is -0.939. The van der Waals surface area contributed by atoms with Crippen molar-refractivity contribution in [3.8, 4) is 28.7 Å². The van der Waals surface area contributed by atoms with E-state index in [9.17, 15) is 15.3 Å². The van der Waals surface area contributed by atoms with Crippen LogP contribution in [0.15, 0.2) is 42.5 Å². The van der Waals surface area contributed by atoms with Crippen LogP contribution in [0.4, 0.5) is 0 Å². The van der Waals surface area contributed by atoms with Crippen LogP contribution in [0.5, 0.6) is 28.7 Å². The van der Waals surface area contributed by atoms with Gasteiger partial charge in [0, 0.05) is 47.5 Å². The highest BCUT2D eigenvalue weighted by Crippen LogP contribution is 2.52. The molecule has 3 N–H and O–H groups in total. The van der Waals surface area contributed by atoms with Crippen LogP contribution in [-0.4, -0.2) is 55.0 Å². The van der Waals surface area contributed by atoms with Crippen molar-refractivity contribution in [2.75, 3.05) is 27.4 Å². The van der Waals surface area contributed by atoms with Crippen LogP contribution in [0.1, 0.15) is 61.9 Å². The van der Waals surface area contributed by atoms with Gasteiger partial charge in [-0.3, -0.25) is 0 Å². The van der Waals surface area contributed by atoms with Crippen LogP contribution in [0.2, 0.25) is 0 Å². The standard InChI is InChI=1S/C32H38O8/c1-36-13-5-8-27-29(31(35)24-16-28(37-2)22-14-18(33)9-11-21(22)32(24)40-27)25-17-38-26-12-10-20(15-23(26)30(25)34)39-19-6-3-4-7-19/h9-12,14-16,19,25,27,29-31,33-35H,3-8,13,17H2,1-2H3/t25-,27-,29+,30+,31-/m0/s1. The van der Waals surface area contributed by atoms with E-state index in [1.807, 2.05) is 18.2 Å². The number of aliphatic hydroxyl groups is 2. The molecule has 1 saturated carbocycles. The smallest absolute Gasteiger partial charge is 0.133 e. The zero-order chi connectivity index (χ0) is 27.8. The first-order valence-corrected chi connectivity index (χ1v) is 14.3. The molecule has 1 fully saturated rings. The van der Waals surface area contributed by atoms with E-state index < -0.39 is 30.1 Å². The summed E-state index contributed by atoms with van der Waals surface area (Å²) in [6, 6.07) is 12.5. The quantitative estimate of drug-likeness (QED) is 0.318. The Kier molecular flexibility index (Phi) is 7.66. The fourth-order valence-corrected chi connectivity index (χ4v) is 6.72. The minimum absolute atomic E-state index is 0.119. The maximum absolute atomic E-state index is 11.9. The van der Waals surface area contributed by atoms with Crippen LogP contribution in [-0.2, 0) is 4.74 Å². The van der Waals surface area contributed by atoms with Crippen molar-refractivity contribution in [2.24, 2.45) is 11.8 Å². The molecule has 0 spiro atoms. The normalized spacial score (nSPS) is 26.1. The van der Waals surface area contributed by atoms with Crippen molar-refractivity contribution in [2.45, 2.75) is 62.9 Å². The van der Waals surface area contributed by atoms with Crippen LogP contribution >= 0.6 is 0 Å². The number of methoxy groups -OCH3 is 2. The Labute approximate surface area is 234 Å². The molecule has 0 unspecified atom stereocenters. The fraction of sp³-hybridized carbons (Fsp3) is 0.500. The zero-order valence-corrected chi connectivity index (χ0v) is 23.0. The van der Waals surface area contributed by atoms with E-state index in [-0.39, 0.29) is 18.5 Å². The van der Waals surface area contributed by atoms with Gasteiger partial charge in [-0.15, -0.1) is 0 Å². The molecule has 1 aliphatic carbocycles. The first-order valence-electron chi connectivity index (χ1n) is 14.3. The van der Waals surface area contributed by atoms with E-state index in [4.69, 9.17) is 23.7 Å². The van der Waals surface area contributed by atoms with Gasteiger partial charge in [0.05, 0.1) is 32.0 Å². The third kappa shape index (κ3) is 4.93. The summed E-state index contributed by atoms with van der Waals surface area (Å²) < 4.78 is 30.0. The number of benzene rings is 3. The molecule has 8 nitrogen and oxygen atoms in total. The topological polar surface area (TPSA) is 107 Å². The molecule has 214 valence electrons. The predicted octanol–water partition coefficient (Wildman–Crippen LogP) is 5.45. The highest BCUT2D eigenvalue weighted by Gasteiger charge is 2.47. The number of ether oxygens (including phenoxy) is 5. The lowest BCUT2D eigenvalue weighted by molar-refractivity contribution is -0.0882. The summed E-state index contributed by atoms with van der Waals surface area (Å²) in [5, 5.41) is 35.2. The molecule has 2 aliphatic heterocycles. The zero-order valence-electron chi connectivity index (χ0n) is 23.0. The van der Waals surface area contributed by atoms with E-state index >= 15 is 0 Å². The summed E-state index contributed by atoms with van der Waals surface area (Å²) in [5.74, 6) is 1.71. The molecule has 0 bridgehead atoms. The van der Waals surface area contributed by atoms with Crippen molar-refractivity contribution in [1.82, 2.24) is 0 Å². The van der Waals surface area contributed by atoms with Crippen LogP contribution < -0.4 is 18.9 Å². The van der Waals surface area contributed by atoms with Gasteiger partial charge < -0.3 is 39.0 Å². The number of hydrogen-bond donors (Lipinski definition) is 3. The molecular formula is C32H38O8. The SMILES string of the molecule is COCCC[C@@H]1Oc2c(cc(OC)c3cc(O)ccc23)[C@H](O)[C@@H]1[C@@H]1COc2ccc(OC3CCCC3)cc2[C@H]1O. The van der Waals surface area contributed by atoms with Crippen molar-refractivity contribution >= 4 is 10.8 Å². The lowest BCUT2D eigenvalue weighted by Gasteiger charge is -2.45. The monoisotopic (exact) mass is 550 g/mol. The van der Waals surface area contributed by atoms with E-state index in [0.717, 1.165) is 30.4 Å². The van der Waals surface area contributed by atoms with Gasteiger partial charge in [0.25, 0.3) is 0 Å². The van der Waals surface area contributed by atoms with Crippen LogP contribution in [0.3, 0.4) is 0 Å². The number of rotatable bonds is 8. The molecule has 0 radical (unpaired) electrons. The number of aliphatic hydroxyl groups excluding tert-OH is 2. The number of phenolic OH excluding ortho intramolecular Hbond substituents is 1. The maximum atomic E-state index is 11.9. The molecule has 2 heterocycles. The second-order valence-electron chi connectivity index (χ2n) is 11.2. The van der Waals surface area contributed by atoms with E-state index in [1.54, 1.807) is 38.5 Å². The predicted molar refractivity (Wildman–Crippen MR) is 149 cm³/mol. The van der Waals surface area contributed by atoms with Gasteiger partial charge in [0.15, 0.2) is 0 Å². The average Bonchev–Trinajstić information content (AvgIpc) is 3.47. The highest BCUT2D eigenvalue weighted by atomic mass is 16.5. The lowest BCUT2D eigenvalue weighted by atomic mass is 9.72. The summed E-state index contributed by atoms with van der Waals surface area (Å²) in [6.07, 6.45) is 3.80. The fourth-order valence-electron chi connectivity index (χ4n) is 6.72.